The topological polar surface area (TPSA) is 63.1 Å². The van der Waals surface area contributed by atoms with Crippen LogP contribution >= 0.6 is 0 Å². The summed E-state index contributed by atoms with van der Waals surface area (Å²) in [7, 11) is 1.93. The van der Waals surface area contributed by atoms with Gasteiger partial charge in [0.25, 0.3) is 5.91 Å². The van der Waals surface area contributed by atoms with Crippen LogP contribution in [0.15, 0.2) is 36.7 Å². The van der Waals surface area contributed by atoms with Crippen molar-refractivity contribution in [3.8, 4) is 0 Å². The maximum atomic E-state index is 14.0. The highest BCUT2D eigenvalue weighted by Crippen LogP contribution is 2.40. The molecule has 144 valence electrons. The van der Waals surface area contributed by atoms with Gasteiger partial charge >= 0.3 is 0 Å². The highest BCUT2D eigenvalue weighted by Gasteiger charge is 2.33. The second-order valence-corrected chi connectivity index (χ2v) is 7.65. The van der Waals surface area contributed by atoms with Crippen molar-refractivity contribution in [3.05, 3.63) is 59.6 Å². The van der Waals surface area contributed by atoms with Crippen molar-refractivity contribution in [2.24, 2.45) is 7.05 Å². The maximum absolute atomic E-state index is 14.0. The van der Waals surface area contributed by atoms with Crippen LogP contribution in [0.3, 0.4) is 0 Å². The zero-order chi connectivity index (χ0) is 19.3. The molecule has 6 nitrogen and oxygen atoms in total. The van der Waals surface area contributed by atoms with Gasteiger partial charge < -0.3 is 14.8 Å². The lowest BCUT2D eigenvalue weighted by molar-refractivity contribution is 0.0622. The van der Waals surface area contributed by atoms with Crippen molar-refractivity contribution in [2.45, 2.75) is 24.8 Å². The number of rotatable bonds is 3. The molecule has 0 bridgehead atoms. The van der Waals surface area contributed by atoms with Crippen molar-refractivity contribution < 1.29 is 9.18 Å². The predicted octanol–water partition coefficient (Wildman–Crippen LogP) is 2.77. The molecule has 0 radical (unpaired) electrons. The smallest absolute Gasteiger partial charge is 0.255 e. The van der Waals surface area contributed by atoms with Gasteiger partial charge in [0.05, 0.1) is 11.1 Å². The summed E-state index contributed by atoms with van der Waals surface area (Å²) in [5.41, 5.74) is 2.15. The second kappa shape index (κ2) is 6.67. The van der Waals surface area contributed by atoms with E-state index in [2.05, 4.69) is 15.3 Å². The van der Waals surface area contributed by atoms with Gasteiger partial charge in [0, 0.05) is 56.1 Å². The molecule has 1 N–H and O–H groups in total. The zero-order valence-corrected chi connectivity index (χ0v) is 15.7. The van der Waals surface area contributed by atoms with Crippen LogP contribution in [0.2, 0.25) is 0 Å². The summed E-state index contributed by atoms with van der Waals surface area (Å²) < 4.78 is 15.9. The van der Waals surface area contributed by atoms with Crippen LogP contribution in [0.25, 0.3) is 10.9 Å². The Labute approximate surface area is 162 Å². The molecule has 2 fully saturated rings. The largest absolute Gasteiger partial charge is 0.336 e. The third-order valence-electron chi connectivity index (χ3n) is 5.68. The summed E-state index contributed by atoms with van der Waals surface area (Å²) in [6.07, 6.45) is 5.82. The highest BCUT2D eigenvalue weighted by atomic mass is 19.1. The number of piperazine rings is 1. The number of amides is 1. The molecule has 1 atom stereocenters. The quantitative estimate of drug-likeness (QED) is 0.760. The number of halogens is 1. The molecule has 3 aromatic rings. The molecule has 1 saturated heterocycles. The standard InChI is InChI=1S/C21H22FN5O/c1-26-8-7-24-20(26)19-12-23-6-9-27(19)21(28)16-11-18(13-2-3-13)25-17-5-4-14(22)10-15(16)17/h4-5,7-8,10-11,13,19,23H,2-3,6,9,12H2,1H3. The fraction of sp³-hybridized carbons (Fsp3) is 0.381. The summed E-state index contributed by atoms with van der Waals surface area (Å²) in [6, 6.07) is 6.20. The fourth-order valence-electron chi connectivity index (χ4n) is 4.01. The fourth-order valence-corrected chi connectivity index (χ4v) is 4.01. The van der Waals surface area contributed by atoms with E-state index in [4.69, 9.17) is 0 Å². The molecule has 1 aliphatic heterocycles. The lowest BCUT2D eigenvalue weighted by Crippen LogP contribution is -2.49. The molecular formula is C21H22FN5O. The van der Waals surface area contributed by atoms with Gasteiger partial charge in [-0.05, 0) is 37.1 Å². The van der Waals surface area contributed by atoms with Crippen molar-refractivity contribution >= 4 is 16.8 Å². The second-order valence-electron chi connectivity index (χ2n) is 7.65. The molecule has 28 heavy (non-hydrogen) atoms. The van der Waals surface area contributed by atoms with E-state index in [1.165, 1.54) is 12.1 Å². The minimum absolute atomic E-state index is 0.0885. The summed E-state index contributed by atoms with van der Waals surface area (Å²) in [4.78, 5) is 24.6. The Balaban J connectivity index is 1.61. The number of carbonyl (C=O) groups is 1. The van der Waals surface area contributed by atoms with E-state index in [-0.39, 0.29) is 17.8 Å². The normalized spacial score (nSPS) is 19.9. The van der Waals surface area contributed by atoms with Crippen LogP contribution in [-0.4, -0.2) is 45.0 Å². The van der Waals surface area contributed by atoms with Gasteiger partial charge in [-0.15, -0.1) is 0 Å². The van der Waals surface area contributed by atoms with E-state index >= 15 is 0 Å². The van der Waals surface area contributed by atoms with Crippen LogP contribution in [0, 0.1) is 5.82 Å². The van der Waals surface area contributed by atoms with Crippen molar-refractivity contribution in [2.75, 3.05) is 19.6 Å². The number of pyridine rings is 1. The molecule has 3 heterocycles. The van der Waals surface area contributed by atoms with E-state index < -0.39 is 0 Å². The lowest BCUT2D eigenvalue weighted by Gasteiger charge is -2.36. The number of benzene rings is 1. The molecule has 2 aliphatic rings. The Hall–Kier alpha value is -2.80. The van der Waals surface area contributed by atoms with E-state index in [0.29, 0.717) is 35.5 Å². The lowest BCUT2D eigenvalue weighted by atomic mass is 10.0. The zero-order valence-electron chi connectivity index (χ0n) is 15.7. The van der Waals surface area contributed by atoms with Gasteiger partial charge in [-0.25, -0.2) is 9.37 Å². The Kier molecular flexibility index (Phi) is 4.12. The Morgan fingerprint density at radius 1 is 1.29 bits per heavy atom. The summed E-state index contributed by atoms with van der Waals surface area (Å²) >= 11 is 0. The number of fused-ring (bicyclic) bond motifs is 1. The number of nitrogens with zero attached hydrogens (tertiary/aromatic N) is 4. The van der Waals surface area contributed by atoms with Gasteiger partial charge in [0.15, 0.2) is 0 Å². The number of hydrogen-bond donors (Lipinski definition) is 1. The molecule has 1 aromatic carbocycles. The summed E-state index contributed by atoms with van der Waals surface area (Å²) in [6.45, 7) is 1.94. The molecule has 7 heteroatoms. The van der Waals surface area contributed by atoms with E-state index in [1.54, 1.807) is 12.3 Å². The molecule has 1 amide bonds. The number of nitrogens with one attached hydrogen (secondary N) is 1. The Bertz CT molecular complexity index is 1060. The molecule has 5 rings (SSSR count). The first-order chi connectivity index (χ1) is 13.6. The van der Waals surface area contributed by atoms with Crippen LogP contribution < -0.4 is 5.32 Å². The number of aromatic nitrogens is 3. The summed E-state index contributed by atoms with van der Waals surface area (Å²) in [5, 5.41) is 3.93. The van der Waals surface area contributed by atoms with Crippen molar-refractivity contribution in [3.63, 3.8) is 0 Å². The number of carbonyl (C=O) groups excluding carboxylic acids is 1. The van der Waals surface area contributed by atoms with Crippen molar-refractivity contribution in [1.82, 2.24) is 24.8 Å². The molecule has 1 aliphatic carbocycles. The SMILES string of the molecule is Cn1ccnc1C1CNCCN1C(=O)c1cc(C2CC2)nc2ccc(F)cc12. The minimum atomic E-state index is -0.358. The molecule has 1 unspecified atom stereocenters. The van der Waals surface area contributed by atoms with Crippen LogP contribution in [0.4, 0.5) is 4.39 Å². The Morgan fingerprint density at radius 2 is 2.14 bits per heavy atom. The molecule has 0 spiro atoms. The van der Waals surface area contributed by atoms with Crippen LogP contribution in [0.1, 0.15) is 46.7 Å². The van der Waals surface area contributed by atoms with Crippen molar-refractivity contribution in [1.29, 1.82) is 0 Å². The number of imidazole rings is 1. The first-order valence-electron chi connectivity index (χ1n) is 9.71. The monoisotopic (exact) mass is 379 g/mol. The first kappa shape index (κ1) is 17.3. The first-order valence-corrected chi connectivity index (χ1v) is 9.71. The van der Waals surface area contributed by atoms with Gasteiger partial charge in [-0.2, -0.15) is 0 Å². The van der Waals surface area contributed by atoms with Gasteiger partial charge in [0.2, 0.25) is 0 Å². The van der Waals surface area contributed by atoms with Crippen LogP contribution in [0.5, 0.6) is 0 Å². The minimum Gasteiger partial charge on any atom is -0.336 e. The maximum Gasteiger partial charge on any atom is 0.255 e. The van der Waals surface area contributed by atoms with E-state index in [0.717, 1.165) is 30.9 Å². The average molecular weight is 379 g/mol. The molecule has 2 aromatic heterocycles. The third kappa shape index (κ3) is 2.96. The average Bonchev–Trinajstić information content (AvgIpc) is 3.48. The number of hydrogen-bond acceptors (Lipinski definition) is 4. The highest BCUT2D eigenvalue weighted by molar-refractivity contribution is 6.06. The third-order valence-corrected chi connectivity index (χ3v) is 5.68. The van der Waals surface area contributed by atoms with Gasteiger partial charge in [-0.1, -0.05) is 0 Å². The van der Waals surface area contributed by atoms with Crippen LogP contribution in [-0.2, 0) is 7.05 Å². The van der Waals surface area contributed by atoms with Gasteiger partial charge in [0.1, 0.15) is 17.7 Å². The summed E-state index contributed by atoms with van der Waals surface area (Å²) in [5.74, 6) is 0.805. The number of aryl methyl sites for hydroxylation is 1. The van der Waals surface area contributed by atoms with Gasteiger partial charge in [-0.3, -0.25) is 9.78 Å². The predicted molar refractivity (Wildman–Crippen MR) is 104 cm³/mol. The molecular weight excluding hydrogens is 357 g/mol. The van der Waals surface area contributed by atoms with E-state index in [9.17, 15) is 9.18 Å². The van der Waals surface area contributed by atoms with E-state index in [1.807, 2.05) is 28.8 Å². The molecule has 1 saturated carbocycles. The Morgan fingerprint density at radius 3 is 2.89 bits per heavy atom.